The van der Waals surface area contributed by atoms with E-state index in [4.69, 9.17) is 4.74 Å². The van der Waals surface area contributed by atoms with Crippen LogP contribution in [0.15, 0.2) is 66.3 Å². The van der Waals surface area contributed by atoms with Crippen LogP contribution in [0.5, 0.6) is 5.75 Å². The van der Waals surface area contributed by atoms with E-state index in [1.54, 1.807) is 29.1 Å². The lowest BCUT2D eigenvalue weighted by Crippen LogP contribution is -2.49. The van der Waals surface area contributed by atoms with Gasteiger partial charge in [-0.1, -0.05) is 30.0 Å². The number of rotatable bonds is 9. The van der Waals surface area contributed by atoms with E-state index in [1.807, 2.05) is 42.7 Å². The van der Waals surface area contributed by atoms with Gasteiger partial charge >= 0.3 is 6.09 Å². The third-order valence-electron chi connectivity index (χ3n) is 5.52. The van der Waals surface area contributed by atoms with E-state index in [2.05, 4.69) is 25.9 Å². The van der Waals surface area contributed by atoms with Crippen LogP contribution in [-0.2, 0) is 12.8 Å². The Bertz CT molecular complexity index is 942. The molecule has 4 rings (SSSR count). The number of H-pyrrole nitrogens is 1. The summed E-state index contributed by atoms with van der Waals surface area (Å²) in [5.74, 6) is 1.54. The molecular formula is C24H29N5O2S. The number of amides is 1. The van der Waals surface area contributed by atoms with E-state index < -0.39 is 0 Å². The van der Waals surface area contributed by atoms with Crippen molar-refractivity contribution >= 4 is 17.9 Å². The second kappa shape index (κ2) is 11.7. The highest BCUT2D eigenvalue weighted by Gasteiger charge is 2.22. The SMILES string of the molecule is O=C(Oc1ccc(CCSc2ncc[nH]2)cc1)N1CCN(CCCc2cccnc2)CC1. The van der Waals surface area contributed by atoms with Crippen LogP contribution in [0.4, 0.5) is 4.79 Å². The van der Waals surface area contributed by atoms with E-state index in [9.17, 15) is 4.79 Å². The number of aryl methyl sites for hydroxylation is 2. The molecule has 1 saturated heterocycles. The zero-order chi connectivity index (χ0) is 22.0. The van der Waals surface area contributed by atoms with Crippen molar-refractivity contribution < 1.29 is 9.53 Å². The topological polar surface area (TPSA) is 74.3 Å². The van der Waals surface area contributed by atoms with Gasteiger partial charge in [0.25, 0.3) is 0 Å². The Labute approximate surface area is 193 Å². The van der Waals surface area contributed by atoms with Crippen LogP contribution in [0.2, 0.25) is 0 Å². The quantitative estimate of drug-likeness (QED) is 0.498. The van der Waals surface area contributed by atoms with Crippen molar-refractivity contribution in [3.8, 4) is 5.75 Å². The number of hydrogen-bond acceptors (Lipinski definition) is 6. The Kier molecular flexibility index (Phi) is 8.17. The third kappa shape index (κ3) is 6.83. The molecule has 0 spiro atoms. The minimum Gasteiger partial charge on any atom is -0.410 e. The van der Waals surface area contributed by atoms with Gasteiger partial charge in [-0.3, -0.25) is 9.88 Å². The summed E-state index contributed by atoms with van der Waals surface area (Å²) >= 11 is 1.69. The maximum atomic E-state index is 12.5. The molecule has 1 fully saturated rings. The number of benzene rings is 1. The molecule has 0 atom stereocenters. The number of nitrogens with zero attached hydrogens (tertiary/aromatic N) is 4. The predicted octanol–water partition coefficient (Wildman–Crippen LogP) is 3.89. The number of ether oxygens (including phenoxy) is 1. The molecule has 7 nitrogen and oxygen atoms in total. The fourth-order valence-electron chi connectivity index (χ4n) is 3.69. The summed E-state index contributed by atoms with van der Waals surface area (Å²) in [4.78, 5) is 28.2. The van der Waals surface area contributed by atoms with Crippen LogP contribution >= 0.6 is 11.8 Å². The molecule has 1 N–H and O–H groups in total. The number of pyridine rings is 1. The van der Waals surface area contributed by atoms with Crippen LogP contribution in [0.1, 0.15) is 17.5 Å². The summed E-state index contributed by atoms with van der Waals surface area (Å²) in [7, 11) is 0. The molecule has 3 heterocycles. The molecule has 0 unspecified atom stereocenters. The molecule has 0 saturated carbocycles. The monoisotopic (exact) mass is 451 g/mol. The fraction of sp³-hybridized carbons (Fsp3) is 0.375. The summed E-state index contributed by atoms with van der Waals surface area (Å²) < 4.78 is 5.59. The molecule has 1 amide bonds. The largest absolute Gasteiger partial charge is 0.415 e. The average molecular weight is 452 g/mol. The second-order valence-corrected chi connectivity index (χ2v) is 8.88. The molecule has 32 heavy (non-hydrogen) atoms. The molecule has 1 aliphatic rings. The van der Waals surface area contributed by atoms with Gasteiger partial charge in [-0.25, -0.2) is 9.78 Å². The highest BCUT2D eigenvalue weighted by Crippen LogP contribution is 2.18. The molecular weight excluding hydrogens is 422 g/mol. The first-order valence-electron chi connectivity index (χ1n) is 11.1. The Hall–Kier alpha value is -2.84. The Balaban J connectivity index is 1.14. The van der Waals surface area contributed by atoms with Gasteiger partial charge < -0.3 is 14.6 Å². The zero-order valence-corrected chi connectivity index (χ0v) is 19.0. The van der Waals surface area contributed by atoms with Crippen molar-refractivity contribution in [2.45, 2.75) is 24.4 Å². The van der Waals surface area contributed by atoms with Gasteiger partial charge in [0.1, 0.15) is 5.75 Å². The molecule has 2 aromatic heterocycles. The van der Waals surface area contributed by atoms with Crippen molar-refractivity contribution in [1.82, 2.24) is 24.8 Å². The summed E-state index contributed by atoms with van der Waals surface area (Å²) in [6, 6.07) is 11.9. The molecule has 168 valence electrons. The molecule has 0 bridgehead atoms. The summed E-state index contributed by atoms with van der Waals surface area (Å²) in [6.45, 7) is 4.21. The smallest absolute Gasteiger partial charge is 0.410 e. The van der Waals surface area contributed by atoms with Crippen molar-refractivity contribution in [2.24, 2.45) is 0 Å². The minimum atomic E-state index is -0.263. The number of thioether (sulfide) groups is 1. The highest BCUT2D eigenvalue weighted by atomic mass is 32.2. The van der Waals surface area contributed by atoms with Crippen LogP contribution in [0, 0.1) is 0 Å². The van der Waals surface area contributed by atoms with Crippen LogP contribution in [0.25, 0.3) is 0 Å². The lowest BCUT2D eigenvalue weighted by molar-refractivity contribution is 0.110. The van der Waals surface area contributed by atoms with E-state index >= 15 is 0 Å². The number of nitrogens with one attached hydrogen (secondary N) is 1. The van der Waals surface area contributed by atoms with Gasteiger partial charge in [-0.2, -0.15) is 0 Å². The maximum Gasteiger partial charge on any atom is 0.415 e. The van der Waals surface area contributed by atoms with Crippen molar-refractivity contribution in [1.29, 1.82) is 0 Å². The van der Waals surface area contributed by atoms with Crippen molar-refractivity contribution in [3.05, 3.63) is 72.3 Å². The van der Waals surface area contributed by atoms with E-state index in [0.29, 0.717) is 18.8 Å². The van der Waals surface area contributed by atoms with Crippen molar-refractivity contribution in [2.75, 3.05) is 38.5 Å². The molecule has 3 aromatic rings. The van der Waals surface area contributed by atoms with Gasteiger partial charge in [0.15, 0.2) is 5.16 Å². The first kappa shape index (κ1) is 22.4. The molecule has 0 radical (unpaired) electrons. The predicted molar refractivity (Wildman–Crippen MR) is 126 cm³/mol. The van der Waals surface area contributed by atoms with E-state index in [0.717, 1.165) is 49.8 Å². The lowest BCUT2D eigenvalue weighted by Gasteiger charge is -2.34. The standard InChI is InChI=1S/C24H29N5O2S/c30-24(29-16-14-28(15-17-29)13-2-4-21-3-1-10-25-19-21)31-22-7-5-20(6-8-22)9-18-32-23-26-11-12-27-23/h1,3,5-8,10-12,19H,2,4,9,13-18H2,(H,26,27). The number of piperazine rings is 1. The highest BCUT2D eigenvalue weighted by molar-refractivity contribution is 7.99. The number of carbonyl (C=O) groups is 1. The Morgan fingerprint density at radius 3 is 2.59 bits per heavy atom. The van der Waals surface area contributed by atoms with E-state index in [-0.39, 0.29) is 6.09 Å². The number of aromatic nitrogens is 3. The third-order valence-corrected chi connectivity index (χ3v) is 6.43. The number of carbonyl (C=O) groups excluding carboxylic acids is 1. The van der Waals surface area contributed by atoms with Crippen LogP contribution in [-0.4, -0.2) is 69.3 Å². The zero-order valence-electron chi connectivity index (χ0n) is 18.2. The second-order valence-electron chi connectivity index (χ2n) is 7.80. The molecule has 1 aliphatic heterocycles. The Morgan fingerprint density at radius 2 is 1.88 bits per heavy atom. The van der Waals surface area contributed by atoms with Crippen LogP contribution < -0.4 is 4.74 Å². The van der Waals surface area contributed by atoms with Gasteiger partial charge in [0.05, 0.1) is 0 Å². The van der Waals surface area contributed by atoms with Gasteiger partial charge in [0.2, 0.25) is 0 Å². The normalized spacial score (nSPS) is 14.4. The number of aromatic amines is 1. The Morgan fingerprint density at radius 1 is 1.03 bits per heavy atom. The summed E-state index contributed by atoms with van der Waals surface area (Å²) in [6.07, 6.45) is 10.1. The van der Waals surface area contributed by atoms with E-state index in [1.165, 1.54) is 11.1 Å². The summed E-state index contributed by atoms with van der Waals surface area (Å²) in [5, 5.41) is 0.934. The minimum absolute atomic E-state index is 0.263. The number of imidazole rings is 1. The lowest BCUT2D eigenvalue weighted by atomic mass is 10.1. The maximum absolute atomic E-state index is 12.5. The first-order valence-corrected chi connectivity index (χ1v) is 12.0. The molecule has 0 aliphatic carbocycles. The van der Waals surface area contributed by atoms with Crippen LogP contribution in [0.3, 0.4) is 0 Å². The molecule has 1 aromatic carbocycles. The summed E-state index contributed by atoms with van der Waals surface area (Å²) in [5.41, 5.74) is 2.49. The average Bonchev–Trinajstić information content (AvgIpc) is 3.35. The van der Waals surface area contributed by atoms with Crippen molar-refractivity contribution in [3.63, 3.8) is 0 Å². The van der Waals surface area contributed by atoms with Gasteiger partial charge in [-0.15, -0.1) is 0 Å². The number of hydrogen-bond donors (Lipinski definition) is 1. The van der Waals surface area contributed by atoms with Gasteiger partial charge in [0, 0.05) is 56.7 Å². The molecule has 8 heteroatoms. The fourth-order valence-corrected chi connectivity index (χ4v) is 4.51. The van der Waals surface area contributed by atoms with Gasteiger partial charge in [-0.05, 0) is 55.1 Å². The first-order chi connectivity index (χ1) is 15.8.